The van der Waals surface area contributed by atoms with Gasteiger partial charge in [-0.15, -0.1) is 0 Å². The molecule has 3 aromatic rings. The van der Waals surface area contributed by atoms with Crippen molar-refractivity contribution in [3.63, 3.8) is 0 Å². The normalized spacial score (nSPS) is 17.7. The average molecular weight is 567 g/mol. The van der Waals surface area contributed by atoms with E-state index in [1.54, 1.807) is 12.1 Å². The van der Waals surface area contributed by atoms with Gasteiger partial charge in [-0.3, -0.25) is 9.78 Å². The van der Waals surface area contributed by atoms with E-state index in [9.17, 15) is 19.4 Å². The number of hydrogen-bond donors (Lipinski definition) is 2. The molecule has 1 aliphatic carbocycles. The lowest BCUT2D eigenvalue weighted by Gasteiger charge is -2.23. The summed E-state index contributed by atoms with van der Waals surface area (Å²) in [6, 6.07) is 8.66. The summed E-state index contributed by atoms with van der Waals surface area (Å²) in [6.07, 6.45) is 3.65. The lowest BCUT2D eigenvalue weighted by atomic mass is 9.82. The van der Waals surface area contributed by atoms with Gasteiger partial charge in [0.2, 0.25) is 5.88 Å². The van der Waals surface area contributed by atoms with Gasteiger partial charge in [-0.05, 0) is 60.8 Å². The first-order valence-corrected chi connectivity index (χ1v) is 13.8. The third-order valence-corrected chi connectivity index (χ3v) is 7.93. The second kappa shape index (κ2) is 12.5. The molecule has 10 heteroatoms. The van der Waals surface area contributed by atoms with Gasteiger partial charge in [0, 0.05) is 29.0 Å². The first kappa shape index (κ1) is 28.9. The average Bonchev–Trinajstić information content (AvgIpc) is 3.66. The van der Waals surface area contributed by atoms with Crippen molar-refractivity contribution in [1.29, 1.82) is 0 Å². The number of hydrogen-bond acceptors (Lipinski definition) is 9. The van der Waals surface area contributed by atoms with Crippen LogP contribution < -0.4 is 4.74 Å². The number of nitrogens with zero attached hydrogens (tertiary/aromatic N) is 2. The Morgan fingerprint density at radius 1 is 1.10 bits per heavy atom. The van der Waals surface area contributed by atoms with Crippen LogP contribution in [0.15, 0.2) is 42.7 Å². The first-order chi connectivity index (χ1) is 19.8. The smallest absolute Gasteiger partial charge is 0.309 e. The summed E-state index contributed by atoms with van der Waals surface area (Å²) in [5.74, 6) is -0.365. The molecule has 2 fully saturated rings. The molecule has 2 aromatic heterocycles. The van der Waals surface area contributed by atoms with E-state index in [1.165, 1.54) is 26.5 Å². The standard InChI is InChI=1S/C31H35FN2O7/c1-17(30(37)39-3)29(19-5-6-19)20-7-4-18(27(36)12-20)8-9-26(35)25-13-22(31-40-10-11-41-31)23(15-33-25)21-14-28(38-2)34-16-24(21)32/h4,7,12-17,19,26,29,31,35-36H,5-6,8-11H2,1-3H3. The zero-order valence-corrected chi connectivity index (χ0v) is 23.4. The number of pyridine rings is 2. The predicted octanol–water partition coefficient (Wildman–Crippen LogP) is 5.01. The quantitative estimate of drug-likeness (QED) is 0.309. The molecule has 2 aliphatic rings. The molecule has 9 nitrogen and oxygen atoms in total. The number of phenols is 1. The Morgan fingerprint density at radius 2 is 1.85 bits per heavy atom. The van der Waals surface area contributed by atoms with E-state index in [-0.39, 0.29) is 41.4 Å². The molecule has 3 unspecified atom stereocenters. The second-order valence-corrected chi connectivity index (χ2v) is 10.6. The van der Waals surface area contributed by atoms with Gasteiger partial charge in [0.25, 0.3) is 0 Å². The molecule has 5 rings (SSSR count). The fraction of sp³-hybridized carbons (Fsp3) is 0.452. The van der Waals surface area contributed by atoms with Crippen molar-refractivity contribution in [2.45, 2.75) is 50.9 Å². The van der Waals surface area contributed by atoms with Crippen molar-refractivity contribution in [2.75, 3.05) is 27.4 Å². The Hall–Kier alpha value is -3.60. The molecule has 1 saturated carbocycles. The van der Waals surface area contributed by atoms with E-state index in [0.717, 1.165) is 24.6 Å². The van der Waals surface area contributed by atoms with Crippen molar-refractivity contribution < 1.29 is 38.3 Å². The lowest BCUT2D eigenvalue weighted by molar-refractivity contribution is -0.145. The maximum absolute atomic E-state index is 14.8. The Balaban J connectivity index is 1.34. The van der Waals surface area contributed by atoms with Crippen molar-refractivity contribution in [1.82, 2.24) is 9.97 Å². The van der Waals surface area contributed by atoms with Crippen LogP contribution in [-0.2, 0) is 25.4 Å². The Labute approximate surface area is 238 Å². The minimum absolute atomic E-state index is 0.0145. The number of aliphatic hydroxyl groups is 1. The minimum atomic E-state index is -0.960. The predicted molar refractivity (Wildman–Crippen MR) is 147 cm³/mol. The maximum Gasteiger partial charge on any atom is 0.309 e. The van der Waals surface area contributed by atoms with Crippen LogP contribution in [0.25, 0.3) is 11.1 Å². The van der Waals surface area contributed by atoms with Crippen LogP contribution in [0.5, 0.6) is 11.6 Å². The molecule has 2 N–H and O–H groups in total. The topological polar surface area (TPSA) is 120 Å². The summed E-state index contributed by atoms with van der Waals surface area (Å²) in [6.45, 7) is 2.65. The number of aromatic nitrogens is 2. The zero-order valence-electron chi connectivity index (χ0n) is 23.4. The summed E-state index contributed by atoms with van der Waals surface area (Å²) < 4.78 is 36.3. The SMILES string of the molecule is COC(=O)C(C)C(c1ccc(CCC(O)c2cc(C3OCCO3)c(-c3cc(OC)ncc3F)cn2)c(O)c1)C1CC1. The van der Waals surface area contributed by atoms with E-state index in [4.69, 9.17) is 18.9 Å². The number of phenolic OH excluding ortho intramolecular Hbond substituents is 1. The first-order valence-electron chi connectivity index (χ1n) is 13.8. The van der Waals surface area contributed by atoms with Gasteiger partial charge in [0.15, 0.2) is 6.29 Å². The third-order valence-electron chi connectivity index (χ3n) is 7.93. The van der Waals surface area contributed by atoms with Gasteiger partial charge in [0.05, 0.1) is 51.3 Å². The van der Waals surface area contributed by atoms with Gasteiger partial charge in [-0.1, -0.05) is 19.1 Å². The molecule has 218 valence electrons. The van der Waals surface area contributed by atoms with Gasteiger partial charge in [-0.2, -0.15) is 0 Å². The van der Waals surface area contributed by atoms with Crippen LogP contribution in [0.2, 0.25) is 0 Å². The molecule has 1 saturated heterocycles. The van der Waals surface area contributed by atoms with E-state index >= 15 is 0 Å². The number of rotatable bonds is 11. The monoisotopic (exact) mass is 566 g/mol. The van der Waals surface area contributed by atoms with Crippen LogP contribution in [0.4, 0.5) is 4.39 Å². The molecule has 3 heterocycles. The van der Waals surface area contributed by atoms with Gasteiger partial charge in [-0.25, -0.2) is 9.37 Å². The van der Waals surface area contributed by atoms with Crippen LogP contribution in [0.3, 0.4) is 0 Å². The number of ether oxygens (including phenoxy) is 4. The number of halogens is 1. The number of benzene rings is 1. The highest BCUT2D eigenvalue weighted by atomic mass is 19.1. The summed E-state index contributed by atoms with van der Waals surface area (Å²) >= 11 is 0. The van der Waals surface area contributed by atoms with Gasteiger partial charge >= 0.3 is 5.97 Å². The van der Waals surface area contributed by atoms with Crippen LogP contribution in [0.1, 0.15) is 66.9 Å². The van der Waals surface area contributed by atoms with Crippen molar-refractivity contribution in [3.05, 3.63) is 70.9 Å². The van der Waals surface area contributed by atoms with E-state index < -0.39 is 18.2 Å². The van der Waals surface area contributed by atoms with Gasteiger partial charge < -0.3 is 29.2 Å². The zero-order chi connectivity index (χ0) is 29.1. The van der Waals surface area contributed by atoms with Crippen molar-refractivity contribution in [3.8, 4) is 22.8 Å². The van der Waals surface area contributed by atoms with Crippen LogP contribution in [0, 0.1) is 17.7 Å². The van der Waals surface area contributed by atoms with Crippen molar-refractivity contribution in [2.24, 2.45) is 11.8 Å². The Morgan fingerprint density at radius 3 is 2.51 bits per heavy atom. The highest BCUT2D eigenvalue weighted by Crippen LogP contribution is 2.47. The summed E-state index contributed by atoms with van der Waals surface area (Å²) in [5, 5.41) is 21.9. The largest absolute Gasteiger partial charge is 0.508 e. The molecule has 1 aromatic carbocycles. The number of carbonyl (C=O) groups excluding carboxylic acids is 1. The van der Waals surface area contributed by atoms with Crippen LogP contribution >= 0.6 is 0 Å². The fourth-order valence-electron chi connectivity index (χ4n) is 5.56. The molecule has 0 amide bonds. The van der Waals surface area contributed by atoms with Crippen LogP contribution in [-0.4, -0.2) is 53.6 Å². The second-order valence-electron chi connectivity index (χ2n) is 10.6. The summed E-state index contributed by atoms with van der Waals surface area (Å²) in [7, 11) is 2.84. The summed E-state index contributed by atoms with van der Waals surface area (Å²) in [4.78, 5) is 20.5. The minimum Gasteiger partial charge on any atom is -0.508 e. The third kappa shape index (κ3) is 6.34. The number of methoxy groups -OCH3 is 2. The molecule has 0 radical (unpaired) electrons. The molecule has 0 spiro atoms. The molecular formula is C31H35FN2O7. The van der Waals surface area contributed by atoms with Crippen molar-refractivity contribution >= 4 is 5.97 Å². The number of aryl methyl sites for hydroxylation is 1. The molecule has 41 heavy (non-hydrogen) atoms. The fourth-order valence-corrected chi connectivity index (χ4v) is 5.56. The Bertz CT molecular complexity index is 1390. The number of esters is 1. The van der Waals surface area contributed by atoms with E-state index in [1.807, 2.05) is 19.1 Å². The van der Waals surface area contributed by atoms with E-state index in [0.29, 0.717) is 47.9 Å². The van der Waals surface area contributed by atoms with Gasteiger partial charge in [0.1, 0.15) is 11.6 Å². The molecular weight excluding hydrogens is 531 g/mol. The molecule has 0 bridgehead atoms. The lowest BCUT2D eigenvalue weighted by Crippen LogP contribution is -2.22. The Kier molecular flexibility index (Phi) is 8.82. The highest BCUT2D eigenvalue weighted by Gasteiger charge is 2.39. The number of carbonyl (C=O) groups is 1. The van der Waals surface area contributed by atoms with E-state index in [2.05, 4.69) is 9.97 Å². The highest BCUT2D eigenvalue weighted by molar-refractivity contribution is 5.73. The number of aliphatic hydroxyl groups excluding tert-OH is 1. The maximum atomic E-state index is 14.8. The molecule has 3 atom stereocenters. The summed E-state index contributed by atoms with van der Waals surface area (Å²) in [5.41, 5.74) is 3.18. The molecule has 1 aliphatic heterocycles. The number of aromatic hydroxyl groups is 1.